The van der Waals surface area contributed by atoms with Crippen molar-refractivity contribution in [3.05, 3.63) is 0 Å². The van der Waals surface area contributed by atoms with Crippen LogP contribution in [0.1, 0.15) is 27.7 Å². The summed E-state index contributed by atoms with van der Waals surface area (Å²) in [4.78, 5) is 0. The molecule has 0 aliphatic rings. The number of rotatable bonds is 7. The van der Waals surface area contributed by atoms with Crippen LogP contribution in [0.5, 0.6) is 0 Å². The number of ether oxygens (including phenoxy) is 3. The highest BCUT2D eigenvalue weighted by Crippen LogP contribution is 2.09. The molecule has 0 aliphatic heterocycles. The molecule has 0 aromatic rings. The standard InChI is InChI=1S/C9H20O5S/c1-6-15(10,11)9(4)14-8(3)13-7(2)12-5/h7-9H,6H2,1-5H3. The molecule has 3 unspecified atom stereocenters. The maximum absolute atomic E-state index is 11.4. The van der Waals surface area contributed by atoms with Gasteiger partial charge < -0.3 is 14.2 Å². The second kappa shape index (κ2) is 6.42. The quantitative estimate of drug-likeness (QED) is 0.624. The Bertz CT molecular complexity index is 262. The van der Waals surface area contributed by atoms with E-state index in [9.17, 15) is 8.42 Å². The third-order valence-electron chi connectivity index (χ3n) is 2.01. The van der Waals surface area contributed by atoms with Gasteiger partial charge in [0.2, 0.25) is 0 Å². The van der Waals surface area contributed by atoms with Crippen LogP contribution in [0, 0.1) is 0 Å². The molecule has 0 radical (unpaired) electrons. The molecule has 0 fully saturated rings. The van der Waals surface area contributed by atoms with Crippen LogP contribution in [0.25, 0.3) is 0 Å². The van der Waals surface area contributed by atoms with E-state index in [4.69, 9.17) is 14.2 Å². The Balaban J connectivity index is 4.13. The maximum Gasteiger partial charge on any atom is 0.176 e. The summed E-state index contributed by atoms with van der Waals surface area (Å²) >= 11 is 0. The lowest BCUT2D eigenvalue weighted by Gasteiger charge is -2.21. The summed E-state index contributed by atoms with van der Waals surface area (Å²) < 4.78 is 38.0. The van der Waals surface area contributed by atoms with E-state index in [1.165, 1.54) is 14.0 Å². The molecule has 3 atom stereocenters. The molecule has 0 saturated carbocycles. The summed E-state index contributed by atoms with van der Waals surface area (Å²) in [6.07, 6.45) is -1.03. The van der Waals surface area contributed by atoms with Crippen LogP contribution < -0.4 is 0 Å². The molecule has 6 heteroatoms. The summed E-state index contributed by atoms with van der Waals surface area (Å²) in [6, 6.07) is 0. The number of hydrogen-bond acceptors (Lipinski definition) is 5. The van der Waals surface area contributed by atoms with Crippen molar-refractivity contribution in [3.63, 3.8) is 0 Å². The van der Waals surface area contributed by atoms with Gasteiger partial charge in [-0.25, -0.2) is 8.42 Å². The molecule has 5 nitrogen and oxygen atoms in total. The lowest BCUT2D eigenvalue weighted by atomic mass is 10.7. The van der Waals surface area contributed by atoms with Crippen molar-refractivity contribution in [2.75, 3.05) is 12.9 Å². The fourth-order valence-electron chi connectivity index (χ4n) is 0.947. The van der Waals surface area contributed by atoms with E-state index in [0.717, 1.165) is 0 Å². The number of sulfone groups is 1. The van der Waals surface area contributed by atoms with Gasteiger partial charge in [-0.2, -0.15) is 0 Å². The monoisotopic (exact) mass is 240 g/mol. The summed E-state index contributed by atoms with van der Waals surface area (Å²) in [6.45, 7) is 6.42. The third kappa shape index (κ3) is 5.46. The van der Waals surface area contributed by atoms with Crippen LogP contribution in [0.2, 0.25) is 0 Å². The first-order valence-corrected chi connectivity index (χ1v) is 6.60. The molecule has 0 spiro atoms. The largest absolute Gasteiger partial charge is 0.356 e. The van der Waals surface area contributed by atoms with Crippen LogP contribution >= 0.6 is 0 Å². The van der Waals surface area contributed by atoms with E-state index in [1.807, 2.05) is 0 Å². The Morgan fingerprint density at radius 3 is 2.00 bits per heavy atom. The average Bonchev–Trinajstić information content (AvgIpc) is 2.17. The first-order chi connectivity index (χ1) is 6.83. The molecular weight excluding hydrogens is 220 g/mol. The Labute approximate surface area is 91.6 Å². The summed E-state index contributed by atoms with van der Waals surface area (Å²) in [5.41, 5.74) is -0.860. The highest BCUT2D eigenvalue weighted by Gasteiger charge is 2.22. The SMILES string of the molecule is CCS(=O)(=O)C(C)OC(C)OC(C)OC. The second-order valence-corrected chi connectivity index (χ2v) is 5.73. The smallest absolute Gasteiger partial charge is 0.176 e. The minimum absolute atomic E-state index is 0.0563. The normalized spacial score (nSPS) is 18.5. The van der Waals surface area contributed by atoms with Crippen LogP contribution in [-0.4, -0.2) is 39.3 Å². The minimum Gasteiger partial charge on any atom is -0.356 e. The predicted molar refractivity (Wildman–Crippen MR) is 57.0 cm³/mol. The van der Waals surface area contributed by atoms with E-state index < -0.39 is 27.9 Å². The van der Waals surface area contributed by atoms with Gasteiger partial charge in [0.1, 0.15) is 0 Å². The highest BCUT2D eigenvalue weighted by atomic mass is 32.2. The van der Waals surface area contributed by atoms with E-state index in [2.05, 4.69) is 0 Å². The van der Waals surface area contributed by atoms with Crippen molar-refractivity contribution >= 4 is 9.84 Å². The zero-order valence-corrected chi connectivity index (χ0v) is 10.7. The van der Waals surface area contributed by atoms with Gasteiger partial charge in [-0.1, -0.05) is 6.92 Å². The Kier molecular flexibility index (Phi) is 6.35. The topological polar surface area (TPSA) is 61.8 Å². The lowest BCUT2D eigenvalue weighted by molar-refractivity contribution is -0.226. The van der Waals surface area contributed by atoms with Gasteiger partial charge in [-0.05, 0) is 20.8 Å². The van der Waals surface area contributed by atoms with Crippen molar-refractivity contribution in [1.82, 2.24) is 0 Å². The lowest BCUT2D eigenvalue weighted by Crippen LogP contribution is -2.30. The molecule has 0 rings (SSSR count). The van der Waals surface area contributed by atoms with Crippen LogP contribution in [0.3, 0.4) is 0 Å². The first kappa shape index (κ1) is 14.8. The molecule has 0 bridgehead atoms. The van der Waals surface area contributed by atoms with Crippen molar-refractivity contribution in [2.24, 2.45) is 0 Å². The highest BCUT2D eigenvalue weighted by molar-refractivity contribution is 7.91. The molecule has 0 aromatic carbocycles. The zero-order valence-electron chi connectivity index (χ0n) is 9.89. The third-order valence-corrected chi connectivity index (χ3v) is 3.93. The Hall–Kier alpha value is -0.170. The maximum atomic E-state index is 11.4. The molecule has 0 aromatic heterocycles. The minimum atomic E-state index is -3.18. The van der Waals surface area contributed by atoms with Crippen LogP contribution in [0.4, 0.5) is 0 Å². The zero-order chi connectivity index (χ0) is 12.1. The van der Waals surface area contributed by atoms with Crippen molar-refractivity contribution in [1.29, 1.82) is 0 Å². The first-order valence-electron chi connectivity index (χ1n) is 4.88. The predicted octanol–water partition coefficient (Wildman–Crippen LogP) is 1.14. The second-order valence-electron chi connectivity index (χ2n) is 3.16. The molecule has 0 aliphatic carbocycles. The average molecular weight is 240 g/mol. The number of hydrogen-bond donors (Lipinski definition) is 0. The fraction of sp³-hybridized carbons (Fsp3) is 1.00. The molecular formula is C9H20O5S. The number of methoxy groups -OCH3 is 1. The van der Waals surface area contributed by atoms with E-state index in [-0.39, 0.29) is 5.75 Å². The summed E-state index contributed by atoms with van der Waals surface area (Å²) in [5.74, 6) is 0.0563. The van der Waals surface area contributed by atoms with Gasteiger partial charge in [0.15, 0.2) is 27.9 Å². The van der Waals surface area contributed by atoms with Gasteiger partial charge in [0.05, 0.1) is 0 Å². The Morgan fingerprint density at radius 2 is 1.60 bits per heavy atom. The summed E-state index contributed by atoms with van der Waals surface area (Å²) in [7, 11) is -1.68. The summed E-state index contributed by atoms with van der Waals surface area (Å²) in [5, 5.41) is 0. The van der Waals surface area contributed by atoms with Crippen LogP contribution in [0.15, 0.2) is 0 Å². The molecule has 0 heterocycles. The van der Waals surface area contributed by atoms with Gasteiger partial charge >= 0.3 is 0 Å². The van der Waals surface area contributed by atoms with Crippen LogP contribution in [-0.2, 0) is 24.0 Å². The molecule has 0 saturated heterocycles. The van der Waals surface area contributed by atoms with Crippen molar-refractivity contribution in [3.8, 4) is 0 Å². The van der Waals surface area contributed by atoms with Crippen molar-refractivity contribution in [2.45, 2.75) is 45.7 Å². The van der Waals surface area contributed by atoms with Gasteiger partial charge in [0.25, 0.3) is 0 Å². The molecule has 92 valence electrons. The van der Waals surface area contributed by atoms with Gasteiger partial charge in [-0.3, -0.25) is 0 Å². The van der Waals surface area contributed by atoms with Gasteiger partial charge in [-0.15, -0.1) is 0 Å². The fourth-order valence-corrected chi connectivity index (χ4v) is 1.74. The van der Waals surface area contributed by atoms with Gasteiger partial charge in [0, 0.05) is 12.9 Å². The van der Waals surface area contributed by atoms with E-state index in [0.29, 0.717) is 0 Å². The Morgan fingerprint density at radius 1 is 1.07 bits per heavy atom. The van der Waals surface area contributed by atoms with E-state index >= 15 is 0 Å². The molecule has 15 heavy (non-hydrogen) atoms. The van der Waals surface area contributed by atoms with Crippen molar-refractivity contribution < 1.29 is 22.6 Å². The molecule has 0 N–H and O–H groups in total. The van der Waals surface area contributed by atoms with E-state index in [1.54, 1.807) is 20.8 Å². The molecule has 0 amide bonds.